The van der Waals surface area contributed by atoms with Crippen molar-refractivity contribution in [1.29, 1.82) is 0 Å². The molecule has 0 amide bonds. The lowest BCUT2D eigenvalue weighted by Gasteiger charge is -2.18. The van der Waals surface area contributed by atoms with Crippen molar-refractivity contribution < 1.29 is 4.39 Å². The second kappa shape index (κ2) is 5.69. The van der Waals surface area contributed by atoms with Crippen molar-refractivity contribution >= 4 is 5.82 Å². The fourth-order valence-corrected chi connectivity index (χ4v) is 1.55. The first-order valence-corrected chi connectivity index (χ1v) is 5.50. The summed E-state index contributed by atoms with van der Waals surface area (Å²) in [5.74, 6) is 0.723. The molecule has 15 heavy (non-hydrogen) atoms. The summed E-state index contributed by atoms with van der Waals surface area (Å²) in [7, 11) is 0. The third kappa shape index (κ3) is 3.86. The molecule has 2 unspecified atom stereocenters. The Bertz CT molecular complexity index is 301. The number of halogens is 1. The Morgan fingerprint density at radius 3 is 2.80 bits per heavy atom. The van der Waals surface area contributed by atoms with Crippen molar-refractivity contribution in [3.63, 3.8) is 0 Å². The van der Waals surface area contributed by atoms with Crippen LogP contribution in [0.15, 0.2) is 18.3 Å². The Hall–Kier alpha value is -1.12. The molecule has 0 radical (unpaired) electrons. The van der Waals surface area contributed by atoms with Gasteiger partial charge in [0.05, 0.1) is 0 Å². The molecule has 0 aliphatic carbocycles. The molecule has 0 saturated carbocycles. The molecule has 1 N–H and O–H groups in total. The Labute approximate surface area is 90.9 Å². The molecule has 1 aromatic rings. The standard InChI is InChI=1S/C12H19FN2/c1-4-9(2)8-10(3)15-12-11(13)6-5-7-14-12/h5-7,9-10H,4,8H2,1-3H3,(H,14,15). The average molecular weight is 210 g/mol. The summed E-state index contributed by atoms with van der Waals surface area (Å²) in [6.45, 7) is 6.42. The van der Waals surface area contributed by atoms with Crippen LogP contribution >= 0.6 is 0 Å². The number of anilines is 1. The Morgan fingerprint density at radius 2 is 2.20 bits per heavy atom. The van der Waals surface area contributed by atoms with Crippen LogP contribution < -0.4 is 5.32 Å². The normalized spacial score (nSPS) is 14.7. The molecule has 84 valence electrons. The summed E-state index contributed by atoms with van der Waals surface area (Å²) in [5, 5.41) is 3.09. The van der Waals surface area contributed by atoms with Gasteiger partial charge in [-0.05, 0) is 31.4 Å². The highest BCUT2D eigenvalue weighted by Crippen LogP contribution is 2.15. The molecule has 2 nitrogen and oxygen atoms in total. The van der Waals surface area contributed by atoms with Crippen molar-refractivity contribution in [2.45, 2.75) is 39.7 Å². The number of pyridine rings is 1. The summed E-state index contributed by atoms with van der Waals surface area (Å²) < 4.78 is 13.2. The van der Waals surface area contributed by atoms with E-state index in [-0.39, 0.29) is 11.9 Å². The van der Waals surface area contributed by atoms with Gasteiger partial charge in [0.15, 0.2) is 11.6 Å². The highest BCUT2D eigenvalue weighted by Gasteiger charge is 2.09. The Balaban J connectivity index is 2.51. The molecule has 0 aliphatic heterocycles. The van der Waals surface area contributed by atoms with Crippen molar-refractivity contribution in [2.75, 3.05) is 5.32 Å². The maximum Gasteiger partial charge on any atom is 0.165 e. The van der Waals surface area contributed by atoms with Gasteiger partial charge in [0.2, 0.25) is 0 Å². The molecule has 3 heteroatoms. The van der Waals surface area contributed by atoms with Gasteiger partial charge in [-0.25, -0.2) is 9.37 Å². The minimum atomic E-state index is -0.284. The van der Waals surface area contributed by atoms with E-state index in [1.165, 1.54) is 6.07 Å². The number of hydrogen-bond donors (Lipinski definition) is 1. The third-order valence-corrected chi connectivity index (χ3v) is 2.59. The topological polar surface area (TPSA) is 24.9 Å². The van der Waals surface area contributed by atoms with Gasteiger partial charge < -0.3 is 5.32 Å². The first kappa shape index (κ1) is 12.0. The van der Waals surface area contributed by atoms with Gasteiger partial charge in [-0.2, -0.15) is 0 Å². The number of nitrogens with zero attached hydrogens (tertiary/aromatic N) is 1. The molecule has 2 atom stereocenters. The second-order valence-corrected chi connectivity index (χ2v) is 4.13. The first-order valence-electron chi connectivity index (χ1n) is 5.50. The van der Waals surface area contributed by atoms with Crippen molar-refractivity contribution in [3.8, 4) is 0 Å². The highest BCUT2D eigenvalue weighted by atomic mass is 19.1. The molecule has 1 heterocycles. The van der Waals surface area contributed by atoms with Crippen LogP contribution in [0.5, 0.6) is 0 Å². The molecule has 0 bridgehead atoms. The Kier molecular flexibility index (Phi) is 4.53. The monoisotopic (exact) mass is 210 g/mol. The van der Waals surface area contributed by atoms with Crippen LogP contribution in [0, 0.1) is 11.7 Å². The van der Waals surface area contributed by atoms with E-state index < -0.39 is 0 Å². The smallest absolute Gasteiger partial charge is 0.165 e. The fraction of sp³-hybridized carbons (Fsp3) is 0.583. The molecule has 1 aromatic heterocycles. The lowest BCUT2D eigenvalue weighted by atomic mass is 10.0. The van der Waals surface area contributed by atoms with Crippen molar-refractivity contribution in [2.24, 2.45) is 5.92 Å². The summed E-state index contributed by atoms with van der Waals surface area (Å²) >= 11 is 0. The van der Waals surface area contributed by atoms with Crippen LogP contribution in [-0.2, 0) is 0 Å². The van der Waals surface area contributed by atoms with E-state index in [4.69, 9.17) is 0 Å². The molecule has 0 spiro atoms. The van der Waals surface area contributed by atoms with Crippen molar-refractivity contribution in [1.82, 2.24) is 4.98 Å². The van der Waals surface area contributed by atoms with Crippen LogP contribution in [0.4, 0.5) is 10.2 Å². The van der Waals surface area contributed by atoms with E-state index in [2.05, 4.69) is 31.1 Å². The quantitative estimate of drug-likeness (QED) is 0.805. The van der Waals surface area contributed by atoms with Crippen LogP contribution in [-0.4, -0.2) is 11.0 Å². The number of rotatable bonds is 5. The average Bonchev–Trinajstić information content (AvgIpc) is 2.21. The minimum absolute atomic E-state index is 0.254. The van der Waals surface area contributed by atoms with E-state index in [0.717, 1.165) is 12.8 Å². The number of aromatic nitrogens is 1. The van der Waals surface area contributed by atoms with Gasteiger partial charge in [0, 0.05) is 12.2 Å². The van der Waals surface area contributed by atoms with Crippen LogP contribution in [0.3, 0.4) is 0 Å². The SMILES string of the molecule is CCC(C)CC(C)Nc1ncccc1F. The Morgan fingerprint density at radius 1 is 1.47 bits per heavy atom. The zero-order valence-corrected chi connectivity index (χ0v) is 9.63. The van der Waals surface area contributed by atoms with Crippen molar-refractivity contribution in [3.05, 3.63) is 24.1 Å². The van der Waals surface area contributed by atoms with E-state index in [9.17, 15) is 4.39 Å². The van der Waals surface area contributed by atoms with Gasteiger partial charge in [-0.15, -0.1) is 0 Å². The number of hydrogen-bond acceptors (Lipinski definition) is 2. The van der Waals surface area contributed by atoms with Gasteiger partial charge in [-0.1, -0.05) is 20.3 Å². The van der Waals surface area contributed by atoms with Gasteiger partial charge in [0.25, 0.3) is 0 Å². The summed E-state index contributed by atoms with van der Waals surface area (Å²) in [6, 6.07) is 3.27. The molecule has 1 rings (SSSR count). The van der Waals surface area contributed by atoms with E-state index in [1.807, 2.05) is 0 Å². The molecule has 0 saturated heterocycles. The van der Waals surface area contributed by atoms with Crippen LogP contribution in [0.1, 0.15) is 33.6 Å². The molecular formula is C12H19FN2. The molecular weight excluding hydrogens is 191 g/mol. The lowest BCUT2D eigenvalue weighted by Crippen LogP contribution is -2.19. The van der Waals surface area contributed by atoms with E-state index in [1.54, 1.807) is 12.3 Å². The zero-order chi connectivity index (χ0) is 11.3. The fourth-order valence-electron chi connectivity index (χ4n) is 1.55. The van der Waals surface area contributed by atoms with E-state index >= 15 is 0 Å². The highest BCUT2D eigenvalue weighted by molar-refractivity contribution is 5.36. The minimum Gasteiger partial charge on any atom is -0.365 e. The zero-order valence-electron chi connectivity index (χ0n) is 9.63. The molecule has 0 fully saturated rings. The predicted molar refractivity (Wildman–Crippen MR) is 61.4 cm³/mol. The third-order valence-electron chi connectivity index (χ3n) is 2.59. The summed E-state index contributed by atoms with van der Waals surface area (Å²) in [4.78, 5) is 3.97. The summed E-state index contributed by atoms with van der Waals surface area (Å²) in [6.07, 6.45) is 3.78. The van der Waals surface area contributed by atoms with Gasteiger partial charge in [-0.3, -0.25) is 0 Å². The predicted octanol–water partition coefficient (Wildman–Crippen LogP) is 3.46. The van der Waals surface area contributed by atoms with Crippen LogP contribution in [0.25, 0.3) is 0 Å². The maximum absolute atomic E-state index is 13.2. The number of nitrogens with one attached hydrogen (secondary N) is 1. The molecule has 0 aromatic carbocycles. The van der Waals surface area contributed by atoms with Gasteiger partial charge >= 0.3 is 0 Å². The largest absolute Gasteiger partial charge is 0.365 e. The van der Waals surface area contributed by atoms with Gasteiger partial charge in [0.1, 0.15) is 0 Å². The van der Waals surface area contributed by atoms with Crippen LogP contribution in [0.2, 0.25) is 0 Å². The lowest BCUT2D eigenvalue weighted by molar-refractivity contribution is 0.481. The maximum atomic E-state index is 13.2. The molecule has 0 aliphatic rings. The van der Waals surface area contributed by atoms with E-state index in [0.29, 0.717) is 11.7 Å². The summed E-state index contributed by atoms with van der Waals surface area (Å²) in [5.41, 5.74) is 0. The second-order valence-electron chi connectivity index (χ2n) is 4.13. The first-order chi connectivity index (χ1) is 7.13.